The Morgan fingerprint density at radius 3 is 2.50 bits per heavy atom. The number of rotatable bonds is 6. The van der Waals surface area contributed by atoms with E-state index in [1.165, 1.54) is 0 Å². The number of nitrogens with two attached hydrogens (primary N) is 1. The second kappa shape index (κ2) is 7.51. The zero-order valence-corrected chi connectivity index (χ0v) is 13.0. The van der Waals surface area contributed by atoms with Gasteiger partial charge < -0.3 is 15.8 Å². The van der Waals surface area contributed by atoms with Gasteiger partial charge in [0.25, 0.3) is 0 Å². The van der Waals surface area contributed by atoms with Gasteiger partial charge in [-0.25, -0.2) is 0 Å². The van der Waals surface area contributed by atoms with Crippen LogP contribution in [-0.4, -0.2) is 30.9 Å². The zero-order chi connectivity index (χ0) is 16.0. The van der Waals surface area contributed by atoms with Gasteiger partial charge in [0.2, 0.25) is 0 Å². The molecule has 3 N–H and O–H groups in total. The molecule has 120 valence electrons. The van der Waals surface area contributed by atoms with E-state index in [9.17, 15) is 9.59 Å². The van der Waals surface area contributed by atoms with E-state index in [1.54, 1.807) is 6.92 Å². The Balaban J connectivity index is 1.97. The third-order valence-corrected chi connectivity index (χ3v) is 4.22. The van der Waals surface area contributed by atoms with E-state index < -0.39 is 11.5 Å². The van der Waals surface area contributed by atoms with Crippen molar-refractivity contribution >= 4 is 11.8 Å². The number of ether oxygens (including phenoxy) is 1. The van der Waals surface area contributed by atoms with Crippen LogP contribution in [0.4, 0.5) is 0 Å². The lowest BCUT2D eigenvalue weighted by atomic mass is 9.71. The van der Waals surface area contributed by atoms with Crippen molar-refractivity contribution in [1.29, 1.82) is 0 Å². The number of hydrogen-bond acceptors (Lipinski definition) is 5. The number of hydrogen-bond donors (Lipinski definition) is 2. The molecule has 5 nitrogen and oxygen atoms in total. The molecule has 1 saturated heterocycles. The average Bonchev–Trinajstić information content (AvgIpc) is 2.54. The SMILES string of the molecule is C[C@H](N)C(=O)C1(CC(=O)OCc2ccccc2)CCNCC1. The number of carbonyl (C=O) groups excluding carboxylic acids is 2. The zero-order valence-electron chi connectivity index (χ0n) is 13.0. The minimum atomic E-state index is -0.673. The Morgan fingerprint density at radius 1 is 1.27 bits per heavy atom. The van der Waals surface area contributed by atoms with Crippen molar-refractivity contribution in [3.63, 3.8) is 0 Å². The van der Waals surface area contributed by atoms with Crippen molar-refractivity contribution in [2.75, 3.05) is 13.1 Å². The van der Waals surface area contributed by atoms with Gasteiger partial charge in [-0.15, -0.1) is 0 Å². The van der Waals surface area contributed by atoms with E-state index in [0.29, 0.717) is 12.8 Å². The lowest BCUT2D eigenvalue weighted by Gasteiger charge is -2.36. The lowest BCUT2D eigenvalue weighted by Crippen LogP contribution is -2.49. The largest absolute Gasteiger partial charge is 0.461 e. The summed E-state index contributed by atoms with van der Waals surface area (Å²) in [4.78, 5) is 24.7. The monoisotopic (exact) mass is 304 g/mol. The van der Waals surface area contributed by atoms with Gasteiger partial charge in [-0.05, 0) is 38.4 Å². The van der Waals surface area contributed by atoms with Crippen LogP contribution >= 0.6 is 0 Å². The molecule has 1 heterocycles. The molecule has 0 saturated carbocycles. The van der Waals surface area contributed by atoms with Crippen molar-refractivity contribution in [3.05, 3.63) is 35.9 Å². The molecule has 0 aliphatic carbocycles. The van der Waals surface area contributed by atoms with Crippen LogP contribution in [-0.2, 0) is 20.9 Å². The number of nitrogens with one attached hydrogen (secondary N) is 1. The summed E-state index contributed by atoms with van der Waals surface area (Å²) in [6.07, 6.45) is 1.38. The summed E-state index contributed by atoms with van der Waals surface area (Å²) in [5.74, 6) is -0.370. The van der Waals surface area contributed by atoms with Gasteiger partial charge in [0.1, 0.15) is 6.61 Å². The lowest BCUT2D eigenvalue weighted by molar-refractivity contribution is -0.152. The molecule has 5 heteroatoms. The smallest absolute Gasteiger partial charge is 0.307 e. The highest BCUT2D eigenvalue weighted by Crippen LogP contribution is 2.35. The van der Waals surface area contributed by atoms with E-state index in [1.807, 2.05) is 30.3 Å². The molecule has 0 bridgehead atoms. The predicted molar refractivity (Wildman–Crippen MR) is 84.0 cm³/mol. The molecule has 0 amide bonds. The number of ketones is 1. The summed E-state index contributed by atoms with van der Waals surface area (Å²) in [5, 5.41) is 3.22. The third kappa shape index (κ3) is 4.15. The molecule has 22 heavy (non-hydrogen) atoms. The molecule has 0 aromatic heterocycles. The van der Waals surface area contributed by atoms with Gasteiger partial charge in [0.05, 0.1) is 12.5 Å². The van der Waals surface area contributed by atoms with Gasteiger partial charge in [0, 0.05) is 5.41 Å². The molecule has 0 radical (unpaired) electrons. The second-order valence-electron chi connectivity index (χ2n) is 6.01. The normalized spacial score (nSPS) is 18.5. The number of esters is 1. The topological polar surface area (TPSA) is 81.4 Å². The van der Waals surface area contributed by atoms with E-state index in [0.717, 1.165) is 18.7 Å². The summed E-state index contributed by atoms with van der Waals surface area (Å²) < 4.78 is 5.33. The first-order valence-corrected chi connectivity index (χ1v) is 7.74. The van der Waals surface area contributed by atoms with Crippen molar-refractivity contribution in [2.45, 2.75) is 38.8 Å². The summed E-state index contributed by atoms with van der Waals surface area (Å²) in [6, 6.07) is 8.96. The quantitative estimate of drug-likeness (QED) is 0.777. The Kier molecular flexibility index (Phi) is 5.69. The summed E-state index contributed by atoms with van der Waals surface area (Å²) in [6.45, 7) is 3.37. The van der Waals surface area contributed by atoms with Crippen molar-refractivity contribution in [3.8, 4) is 0 Å². The standard InChI is InChI=1S/C17H24N2O3/c1-13(18)16(21)17(7-9-19-10-8-17)11-15(20)22-12-14-5-3-2-4-6-14/h2-6,13,19H,7-12,18H2,1H3/t13-/m0/s1. The first kappa shape index (κ1) is 16.6. The minimum Gasteiger partial charge on any atom is -0.461 e. The van der Waals surface area contributed by atoms with Crippen LogP contribution in [0.5, 0.6) is 0 Å². The molecule has 2 rings (SSSR count). The first-order valence-electron chi connectivity index (χ1n) is 7.74. The Bertz CT molecular complexity index is 508. The summed E-state index contributed by atoms with van der Waals surface area (Å²) in [5.41, 5.74) is 6.04. The molecular weight excluding hydrogens is 280 g/mol. The fourth-order valence-electron chi connectivity index (χ4n) is 2.96. The van der Waals surface area contributed by atoms with Crippen molar-refractivity contribution in [1.82, 2.24) is 5.32 Å². The van der Waals surface area contributed by atoms with Crippen molar-refractivity contribution < 1.29 is 14.3 Å². The van der Waals surface area contributed by atoms with Gasteiger partial charge in [-0.3, -0.25) is 9.59 Å². The number of carbonyl (C=O) groups is 2. The van der Waals surface area contributed by atoms with Crippen LogP contribution in [0.25, 0.3) is 0 Å². The summed E-state index contributed by atoms with van der Waals surface area (Å²) in [7, 11) is 0. The molecule has 1 fully saturated rings. The Labute approximate surface area is 131 Å². The third-order valence-electron chi connectivity index (χ3n) is 4.22. The van der Waals surface area contributed by atoms with Gasteiger partial charge >= 0.3 is 5.97 Å². The van der Waals surface area contributed by atoms with Crippen LogP contribution in [0.15, 0.2) is 30.3 Å². The van der Waals surface area contributed by atoms with Gasteiger partial charge in [-0.2, -0.15) is 0 Å². The maximum Gasteiger partial charge on any atom is 0.307 e. The highest BCUT2D eigenvalue weighted by molar-refractivity contribution is 5.92. The van der Waals surface area contributed by atoms with Crippen LogP contribution in [0.2, 0.25) is 0 Å². The van der Waals surface area contributed by atoms with Gasteiger partial charge in [0.15, 0.2) is 5.78 Å². The highest BCUT2D eigenvalue weighted by atomic mass is 16.5. The fourth-order valence-corrected chi connectivity index (χ4v) is 2.96. The van der Waals surface area contributed by atoms with Crippen LogP contribution in [0.1, 0.15) is 31.7 Å². The highest BCUT2D eigenvalue weighted by Gasteiger charge is 2.42. The number of benzene rings is 1. The molecule has 1 aliphatic rings. The van der Waals surface area contributed by atoms with E-state index >= 15 is 0 Å². The average molecular weight is 304 g/mol. The van der Waals surface area contributed by atoms with E-state index in [2.05, 4.69) is 5.32 Å². The molecule has 1 atom stereocenters. The van der Waals surface area contributed by atoms with Crippen LogP contribution in [0, 0.1) is 5.41 Å². The maximum absolute atomic E-state index is 12.5. The van der Waals surface area contributed by atoms with E-state index in [-0.39, 0.29) is 24.8 Å². The van der Waals surface area contributed by atoms with Crippen molar-refractivity contribution in [2.24, 2.45) is 11.1 Å². The number of Topliss-reactive ketones (excluding diaryl/α,β-unsaturated/α-hetero) is 1. The second-order valence-corrected chi connectivity index (χ2v) is 6.01. The minimum absolute atomic E-state index is 0.0364. The van der Waals surface area contributed by atoms with Crippen LogP contribution in [0.3, 0.4) is 0 Å². The molecule has 0 spiro atoms. The fraction of sp³-hybridized carbons (Fsp3) is 0.529. The molecule has 1 aromatic carbocycles. The molecule has 1 aliphatic heterocycles. The maximum atomic E-state index is 12.5. The predicted octanol–water partition coefficient (Wildman–Crippen LogP) is 1.41. The molecular formula is C17H24N2O3. The summed E-state index contributed by atoms with van der Waals surface area (Å²) >= 11 is 0. The molecule has 0 unspecified atom stereocenters. The molecule has 1 aromatic rings. The Hall–Kier alpha value is -1.72. The van der Waals surface area contributed by atoms with Crippen LogP contribution < -0.4 is 11.1 Å². The Morgan fingerprint density at radius 2 is 1.91 bits per heavy atom. The first-order chi connectivity index (χ1) is 10.5. The van der Waals surface area contributed by atoms with Gasteiger partial charge in [-0.1, -0.05) is 30.3 Å². The number of piperidine rings is 1. The van der Waals surface area contributed by atoms with E-state index in [4.69, 9.17) is 10.5 Å².